The van der Waals surface area contributed by atoms with Crippen LogP contribution in [0.25, 0.3) is 6.08 Å². The maximum absolute atomic E-state index is 5.18. The van der Waals surface area contributed by atoms with Gasteiger partial charge in [0.1, 0.15) is 0 Å². The zero-order valence-corrected chi connectivity index (χ0v) is 7.86. The van der Waals surface area contributed by atoms with Gasteiger partial charge in [-0.25, -0.2) is 0 Å². The summed E-state index contributed by atoms with van der Waals surface area (Å²) in [4.78, 5) is 0. The van der Waals surface area contributed by atoms with Crippen LogP contribution in [0.2, 0.25) is 0 Å². The summed E-state index contributed by atoms with van der Waals surface area (Å²) in [5, 5.41) is 0. The van der Waals surface area contributed by atoms with Crippen molar-refractivity contribution >= 4 is 6.08 Å². The zero-order valence-electron chi connectivity index (χ0n) is 7.86. The molecule has 1 fully saturated rings. The van der Waals surface area contributed by atoms with Crippen molar-refractivity contribution in [2.75, 3.05) is 6.61 Å². The van der Waals surface area contributed by atoms with Crippen LogP contribution in [0.5, 0.6) is 0 Å². The van der Waals surface area contributed by atoms with Gasteiger partial charge in [0, 0.05) is 0 Å². The SMILES string of the molecule is C/C(=C\c1ccccc1)CC1CO1. The fourth-order valence-corrected chi connectivity index (χ4v) is 1.44. The molecule has 1 heteroatoms. The minimum absolute atomic E-state index is 0.500. The molecule has 1 aliphatic heterocycles. The molecular formula is C12H14O. The van der Waals surface area contributed by atoms with Gasteiger partial charge in [-0.05, 0) is 18.9 Å². The summed E-state index contributed by atoms with van der Waals surface area (Å²) in [6, 6.07) is 10.4. The fraction of sp³-hybridized carbons (Fsp3) is 0.333. The number of benzene rings is 1. The molecule has 0 aromatic heterocycles. The van der Waals surface area contributed by atoms with Crippen LogP contribution in [-0.4, -0.2) is 12.7 Å². The van der Waals surface area contributed by atoms with E-state index in [-0.39, 0.29) is 0 Å². The highest BCUT2D eigenvalue weighted by molar-refractivity contribution is 5.52. The number of hydrogen-bond donors (Lipinski definition) is 0. The van der Waals surface area contributed by atoms with Gasteiger partial charge >= 0.3 is 0 Å². The Kier molecular flexibility index (Phi) is 2.46. The van der Waals surface area contributed by atoms with Crippen LogP contribution >= 0.6 is 0 Å². The predicted octanol–water partition coefficient (Wildman–Crippen LogP) is 2.88. The van der Waals surface area contributed by atoms with Crippen molar-refractivity contribution in [3.63, 3.8) is 0 Å². The van der Waals surface area contributed by atoms with Crippen molar-refractivity contribution in [3.05, 3.63) is 41.5 Å². The van der Waals surface area contributed by atoms with Crippen LogP contribution in [0.1, 0.15) is 18.9 Å². The topological polar surface area (TPSA) is 12.5 Å². The molecule has 0 spiro atoms. The first-order valence-corrected chi connectivity index (χ1v) is 4.68. The summed E-state index contributed by atoms with van der Waals surface area (Å²) in [5.41, 5.74) is 2.68. The molecule has 0 amide bonds. The van der Waals surface area contributed by atoms with E-state index >= 15 is 0 Å². The third-order valence-corrected chi connectivity index (χ3v) is 2.16. The van der Waals surface area contributed by atoms with E-state index in [1.807, 2.05) is 6.07 Å². The number of rotatable bonds is 3. The van der Waals surface area contributed by atoms with E-state index in [0.717, 1.165) is 13.0 Å². The minimum atomic E-state index is 0.500. The molecular weight excluding hydrogens is 160 g/mol. The molecule has 1 nitrogen and oxygen atoms in total. The van der Waals surface area contributed by atoms with Crippen LogP contribution in [-0.2, 0) is 4.74 Å². The highest BCUT2D eigenvalue weighted by Crippen LogP contribution is 2.20. The van der Waals surface area contributed by atoms with Gasteiger partial charge in [0.25, 0.3) is 0 Å². The van der Waals surface area contributed by atoms with Crippen molar-refractivity contribution in [1.29, 1.82) is 0 Å². The van der Waals surface area contributed by atoms with Crippen molar-refractivity contribution in [1.82, 2.24) is 0 Å². The third kappa shape index (κ3) is 2.71. The number of hydrogen-bond acceptors (Lipinski definition) is 1. The largest absolute Gasteiger partial charge is 0.373 e. The zero-order chi connectivity index (χ0) is 9.10. The Morgan fingerprint density at radius 3 is 2.77 bits per heavy atom. The molecule has 0 N–H and O–H groups in total. The van der Waals surface area contributed by atoms with E-state index in [1.54, 1.807) is 0 Å². The van der Waals surface area contributed by atoms with Crippen molar-refractivity contribution in [2.45, 2.75) is 19.4 Å². The highest BCUT2D eigenvalue weighted by Gasteiger charge is 2.21. The van der Waals surface area contributed by atoms with Gasteiger partial charge in [-0.1, -0.05) is 42.0 Å². The lowest BCUT2D eigenvalue weighted by Crippen LogP contribution is -1.86. The van der Waals surface area contributed by atoms with Gasteiger partial charge in [-0.15, -0.1) is 0 Å². The highest BCUT2D eigenvalue weighted by atomic mass is 16.6. The smallest absolute Gasteiger partial charge is 0.0846 e. The Labute approximate surface area is 79.0 Å². The summed E-state index contributed by atoms with van der Waals surface area (Å²) in [6.45, 7) is 3.11. The predicted molar refractivity (Wildman–Crippen MR) is 54.5 cm³/mol. The average Bonchev–Trinajstić information content (AvgIpc) is 2.90. The van der Waals surface area contributed by atoms with Crippen molar-refractivity contribution in [3.8, 4) is 0 Å². The third-order valence-electron chi connectivity index (χ3n) is 2.16. The average molecular weight is 174 g/mol. The summed E-state index contributed by atoms with van der Waals surface area (Å²) >= 11 is 0. The van der Waals surface area contributed by atoms with Gasteiger partial charge < -0.3 is 4.74 Å². The van der Waals surface area contributed by atoms with Crippen LogP contribution in [0.15, 0.2) is 35.9 Å². The van der Waals surface area contributed by atoms with Gasteiger partial charge in [0.05, 0.1) is 12.7 Å². The molecule has 0 saturated carbocycles. The van der Waals surface area contributed by atoms with Crippen LogP contribution in [0.4, 0.5) is 0 Å². The van der Waals surface area contributed by atoms with E-state index in [1.165, 1.54) is 11.1 Å². The fourth-order valence-electron chi connectivity index (χ4n) is 1.44. The second kappa shape index (κ2) is 3.75. The maximum Gasteiger partial charge on any atom is 0.0846 e. The molecule has 13 heavy (non-hydrogen) atoms. The molecule has 1 unspecified atom stereocenters. The normalized spacial score (nSPS) is 21.6. The second-order valence-electron chi connectivity index (χ2n) is 3.56. The molecule has 1 atom stereocenters. The summed E-state index contributed by atoms with van der Waals surface area (Å²) < 4.78 is 5.18. The van der Waals surface area contributed by atoms with E-state index < -0.39 is 0 Å². The molecule has 0 aliphatic carbocycles. The number of epoxide rings is 1. The van der Waals surface area contributed by atoms with E-state index in [0.29, 0.717) is 6.10 Å². The quantitative estimate of drug-likeness (QED) is 0.642. The maximum atomic E-state index is 5.18. The standard InChI is InChI=1S/C12H14O/c1-10(8-12-9-13-12)7-11-5-3-2-4-6-11/h2-7,12H,8-9H2,1H3/b10-7+. The summed E-state index contributed by atoms with van der Waals surface area (Å²) in [6.07, 6.45) is 3.80. The summed E-state index contributed by atoms with van der Waals surface area (Å²) in [7, 11) is 0. The Balaban J connectivity index is 2.01. The van der Waals surface area contributed by atoms with E-state index in [9.17, 15) is 0 Å². The lowest BCUT2D eigenvalue weighted by molar-refractivity contribution is 0.407. The number of ether oxygens (including phenoxy) is 1. The molecule has 0 bridgehead atoms. The van der Waals surface area contributed by atoms with Gasteiger partial charge in [-0.2, -0.15) is 0 Å². The minimum Gasteiger partial charge on any atom is -0.373 e. The van der Waals surface area contributed by atoms with E-state index in [2.05, 4.69) is 37.3 Å². The Morgan fingerprint density at radius 2 is 2.15 bits per heavy atom. The van der Waals surface area contributed by atoms with Crippen LogP contribution in [0.3, 0.4) is 0 Å². The van der Waals surface area contributed by atoms with Gasteiger partial charge in [-0.3, -0.25) is 0 Å². The van der Waals surface area contributed by atoms with Gasteiger partial charge in [0.15, 0.2) is 0 Å². The molecule has 1 aliphatic rings. The Hall–Kier alpha value is -1.08. The van der Waals surface area contributed by atoms with Crippen molar-refractivity contribution < 1.29 is 4.74 Å². The second-order valence-corrected chi connectivity index (χ2v) is 3.56. The lowest BCUT2D eigenvalue weighted by atomic mass is 10.1. The first-order valence-electron chi connectivity index (χ1n) is 4.68. The lowest BCUT2D eigenvalue weighted by Gasteiger charge is -1.97. The van der Waals surface area contributed by atoms with Crippen LogP contribution < -0.4 is 0 Å². The molecule has 0 radical (unpaired) electrons. The first kappa shape index (κ1) is 8.52. The van der Waals surface area contributed by atoms with Crippen molar-refractivity contribution in [2.24, 2.45) is 0 Å². The molecule has 1 saturated heterocycles. The van der Waals surface area contributed by atoms with E-state index in [4.69, 9.17) is 4.74 Å². The monoisotopic (exact) mass is 174 g/mol. The molecule has 1 aromatic rings. The Morgan fingerprint density at radius 1 is 1.46 bits per heavy atom. The van der Waals surface area contributed by atoms with Crippen LogP contribution in [0, 0.1) is 0 Å². The first-order chi connectivity index (χ1) is 6.34. The molecule has 1 aromatic carbocycles. The molecule has 1 heterocycles. The molecule has 68 valence electrons. The molecule has 2 rings (SSSR count). The summed E-state index contributed by atoms with van der Waals surface area (Å²) in [5.74, 6) is 0. The Bertz CT molecular complexity index is 296. The van der Waals surface area contributed by atoms with Gasteiger partial charge in [0.2, 0.25) is 0 Å².